The minimum Gasteiger partial charge on any atom is -0.319 e. The van der Waals surface area contributed by atoms with Crippen molar-refractivity contribution < 1.29 is 13.2 Å². The molecule has 2 aromatic rings. The molecule has 2 rings (SSSR count). The van der Waals surface area contributed by atoms with Crippen molar-refractivity contribution >= 4 is 11.3 Å². The molecule has 0 bridgehead atoms. The first-order chi connectivity index (χ1) is 8.41. The molecule has 0 aliphatic heterocycles. The van der Waals surface area contributed by atoms with Crippen molar-refractivity contribution in [3.63, 3.8) is 0 Å². The van der Waals surface area contributed by atoms with Crippen LogP contribution in [0.1, 0.15) is 27.2 Å². The maximum Gasteiger partial charge on any atom is 0.194 e. The molecule has 0 saturated carbocycles. The second kappa shape index (κ2) is 4.70. The zero-order chi connectivity index (χ0) is 13.4. The Kier molecular flexibility index (Phi) is 3.41. The van der Waals surface area contributed by atoms with E-state index < -0.39 is 23.5 Å². The molecule has 6 heteroatoms. The summed E-state index contributed by atoms with van der Waals surface area (Å²) in [6.07, 6.45) is 0. The first-order valence-corrected chi connectivity index (χ1v) is 6.06. The van der Waals surface area contributed by atoms with Gasteiger partial charge in [0.1, 0.15) is 0 Å². The van der Waals surface area contributed by atoms with E-state index >= 15 is 0 Å². The van der Waals surface area contributed by atoms with Crippen LogP contribution in [-0.2, 0) is 0 Å². The predicted molar refractivity (Wildman–Crippen MR) is 63.9 cm³/mol. The van der Waals surface area contributed by atoms with E-state index in [2.05, 4.69) is 4.98 Å². The number of hydrogen-bond acceptors (Lipinski definition) is 3. The lowest BCUT2D eigenvalue weighted by molar-refractivity contribution is 0.438. The third kappa shape index (κ3) is 2.13. The van der Waals surface area contributed by atoms with Gasteiger partial charge in [-0.15, -0.1) is 11.3 Å². The third-order valence-corrected chi connectivity index (χ3v) is 3.78. The van der Waals surface area contributed by atoms with E-state index in [1.54, 1.807) is 13.8 Å². The molecule has 2 N–H and O–H groups in total. The molecule has 18 heavy (non-hydrogen) atoms. The quantitative estimate of drug-likeness (QED) is 0.852. The van der Waals surface area contributed by atoms with Crippen LogP contribution in [0.2, 0.25) is 0 Å². The van der Waals surface area contributed by atoms with Crippen molar-refractivity contribution in [2.24, 2.45) is 5.73 Å². The molecule has 0 spiro atoms. The van der Waals surface area contributed by atoms with Crippen molar-refractivity contribution in [1.29, 1.82) is 0 Å². The number of nitrogens with zero attached hydrogens (tertiary/aromatic N) is 1. The fourth-order valence-corrected chi connectivity index (χ4v) is 2.71. The lowest BCUT2D eigenvalue weighted by Crippen LogP contribution is -2.14. The summed E-state index contributed by atoms with van der Waals surface area (Å²) in [7, 11) is 0. The van der Waals surface area contributed by atoms with Gasteiger partial charge in [-0.3, -0.25) is 0 Å². The number of aromatic nitrogens is 1. The highest BCUT2D eigenvalue weighted by Crippen LogP contribution is 2.30. The van der Waals surface area contributed by atoms with Gasteiger partial charge < -0.3 is 5.73 Å². The molecule has 2 nitrogen and oxygen atoms in total. The van der Waals surface area contributed by atoms with E-state index in [0.717, 1.165) is 17.1 Å². The highest BCUT2D eigenvalue weighted by Gasteiger charge is 2.22. The second-order valence-corrected chi connectivity index (χ2v) is 5.16. The van der Waals surface area contributed by atoms with E-state index in [-0.39, 0.29) is 5.56 Å². The fourth-order valence-electron chi connectivity index (χ4n) is 1.76. The number of thiazole rings is 1. The predicted octanol–water partition coefficient (Wildman–Crippen LogP) is 3.23. The zero-order valence-corrected chi connectivity index (χ0v) is 10.6. The molecule has 96 valence electrons. The monoisotopic (exact) mass is 272 g/mol. The van der Waals surface area contributed by atoms with Crippen LogP contribution in [0.25, 0.3) is 0 Å². The number of rotatable bonds is 2. The van der Waals surface area contributed by atoms with Crippen LogP contribution in [0.5, 0.6) is 0 Å². The van der Waals surface area contributed by atoms with E-state index in [0.29, 0.717) is 10.6 Å². The van der Waals surface area contributed by atoms with Crippen LogP contribution in [0, 0.1) is 31.3 Å². The molecule has 0 aliphatic carbocycles. The van der Waals surface area contributed by atoms with Gasteiger partial charge in [-0.25, -0.2) is 18.2 Å². The maximum absolute atomic E-state index is 13.6. The maximum atomic E-state index is 13.6. The van der Waals surface area contributed by atoms with E-state index in [1.807, 2.05) is 0 Å². The molecule has 0 aliphatic rings. The van der Waals surface area contributed by atoms with Crippen LogP contribution >= 0.6 is 11.3 Å². The van der Waals surface area contributed by atoms with Gasteiger partial charge in [0, 0.05) is 10.4 Å². The minimum atomic E-state index is -1.50. The zero-order valence-electron chi connectivity index (χ0n) is 9.80. The summed E-state index contributed by atoms with van der Waals surface area (Å²) in [5.74, 6) is -3.96. The van der Waals surface area contributed by atoms with Gasteiger partial charge in [0.25, 0.3) is 0 Å². The SMILES string of the molecule is Cc1nc(C)c(C(N)c2ccc(F)c(F)c2F)s1. The lowest BCUT2D eigenvalue weighted by Gasteiger charge is -2.12. The Morgan fingerprint density at radius 3 is 2.39 bits per heavy atom. The Morgan fingerprint density at radius 1 is 1.17 bits per heavy atom. The number of hydrogen-bond donors (Lipinski definition) is 1. The standard InChI is InChI=1S/C12H11F3N2S/c1-5-12(18-6(2)17-5)11(16)7-3-4-8(13)10(15)9(7)14/h3-4,11H,16H2,1-2H3. The Hall–Kier alpha value is -1.40. The van der Waals surface area contributed by atoms with Gasteiger partial charge in [-0.2, -0.15) is 0 Å². The minimum absolute atomic E-state index is 0.0688. The molecule has 1 atom stereocenters. The third-order valence-electron chi connectivity index (χ3n) is 2.62. The van der Waals surface area contributed by atoms with Crippen LogP contribution < -0.4 is 5.73 Å². The lowest BCUT2D eigenvalue weighted by atomic mass is 10.0. The highest BCUT2D eigenvalue weighted by molar-refractivity contribution is 7.11. The van der Waals surface area contributed by atoms with Gasteiger partial charge in [0.15, 0.2) is 17.5 Å². The average Bonchev–Trinajstić information content (AvgIpc) is 2.65. The normalized spacial score (nSPS) is 12.8. The Morgan fingerprint density at radius 2 is 1.83 bits per heavy atom. The van der Waals surface area contributed by atoms with Gasteiger partial charge in [-0.05, 0) is 19.9 Å². The molecule has 0 radical (unpaired) electrons. The molecular formula is C12H11F3N2S. The molecule has 1 aromatic carbocycles. The van der Waals surface area contributed by atoms with Crippen LogP contribution in [-0.4, -0.2) is 4.98 Å². The Bertz CT molecular complexity index is 595. The molecule has 0 saturated heterocycles. The molecule has 1 aromatic heterocycles. The van der Waals surface area contributed by atoms with E-state index in [1.165, 1.54) is 11.3 Å². The summed E-state index contributed by atoms with van der Waals surface area (Å²) in [6, 6.07) is 1.19. The van der Waals surface area contributed by atoms with Crippen molar-refractivity contribution in [2.75, 3.05) is 0 Å². The van der Waals surface area contributed by atoms with Gasteiger partial charge >= 0.3 is 0 Å². The fraction of sp³-hybridized carbons (Fsp3) is 0.250. The van der Waals surface area contributed by atoms with Crippen LogP contribution in [0.4, 0.5) is 13.2 Å². The van der Waals surface area contributed by atoms with Crippen molar-refractivity contribution in [1.82, 2.24) is 4.98 Å². The van der Waals surface area contributed by atoms with Crippen LogP contribution in [0.3, 0.4) is 0 Å². The van der Waals surface area contributed by atoms with Crippen LogP contribution in [0.15, 0.2) is 12.1 Å². The second-order valence-electron chi connectivity index (χ2n) is 3.92. The molecule has 0 fully saturated rings. The number of nitrogens with two attached hydrogens (primary N) is 1. The number of aryl methyl sites for hydroxylation is 2. The van der Waals surface area contributed by atoms with Gasteiger partial charge in [0.05, 0.1) is 16.7 Å². The van der Waals surface area contributed by atoms with Crippen molar-refractivity contribution in [2.45, 2.75) is 19.9 Å². The average molecular weight is 272 g/mol. The Labute approximate surface area is 106 Å². The number of benzene rings is 1. The summed E-state index contributed by atoms with van der Waals surface area (Å²) >= 11 is 1.32. The summed E-state index contributed by atoms with van der Waals surface area (Å²) in [5, 5.41) is 0.793. The Balaban J connectivity index is 2.49. The molecular weight excluding hydrogens is 261 g/mol. The molecule has 0 amide bonds. The summed E-state index contributed by atoms with van der Waals surface area (Å²) in [5.41, 5.74) is 6.50. The largest absolute Gasteiger partial charge is 0.319 e. The first kappa shape index (κ1) is 13.0. The van der Waals surface area contributed by atoms with Gasteiger partial charge in [0.2, 0.25) is 0 Å². The van der Waals surface area contributed by atoms with Gasteiger partial charge in [-0.1, -0.05) is 6.07 Å². The summed E-state index contributed by atoms with van der Waals surface area (Å²) in [4.78, 5) is 4.83. The van der Waals surface area contributed by atoms with Crippen molar-refractivity contribution in [3.05, 3.63) is 50.7 Å². The highest BCUT2D eigenvalue weighted by atomic mass is 32.1. The molecule has 1 unspecified atom stereocenters. The van der Waals surface area contributed by atoms with Crippen molar-refractivity contribution in [3.8, 4) is 0 Å². The topological polar surface area (TPSA) is 38.9 Å². The molecule has 1 heterocycles. The summed E-state index contributed by atoms with van der Waals surface area (Å²) < 4.78 is 39.6. The van der Waals surface area contributed by atoms with E-state index in [4.69, 9.17) is 5.73 Å². The first-order valence-electron chi connectivity index (χ1n) is 5.24. The van der Waals surface area contributed by atoms with E-state index in [9.17, 15) is 13.2 Å². The smallest absolute Gasteiger partial charge is 0.194 e. The number of halogens is 3. The summed E-state index contributed by atoms with van der Waals surface area (Å²) in [6.45, 7) is 3.55.